The number of hydrogen-bond donors (Lipinski definition) is 1. The number of anilines is 1. The van der Waals surface area contributed by atoms with Crippen LogP contribution in [0.1, 0.15) is 33.3 Å². The van der Waals surface area contributed by atoms with Crippen LogP contribution < -0.4 is 5.32 Å². The molecule has 0 saturated carbocycles. The van der Waals surface area contributed by atoms with Crippen molar-refractivity contribution in [2.45, 2.75) is 51.7 Å². The molecule has 0 radical (unpaired) electrons. The monoisotopic (exact) mass is 397 g/mol. The molecule has 8 heteroatoms. The fourth-order valence-corrected chi connectivity index (χ4v) is 5.18. The average Bonchev–Trinajstić information content (AvgIpc) is 2.56. The molecular formula is C19H31N3O4S. The van der Waals surface area contributed by atoms with Crippen molar-refractivity contribution < 1.29 is 17.9 Å². The lowest BCUT2D eigenvalue weighted by Gasteiger charge is -2.34. The van der Waals surface area contributed by atoms with Crippen LogP contribution in [0.4, 0.5) is 5.69 Å². The molecule has 152 valence electrons. The summed E-state index contributed by atoms with van der Waals surface area (Å²) < 4.78 is 32.8. The van der Waals surface area contributed by atoms with E-state index in [4.69, 9.17) is 4.74 Å². The fourth-order valence-electron chi connectivity index (χ4n) is 3.48. The van der Waals surface area contributed by atoms with E-state index < -0.39 is 10.0 Å². The summed E-state index contributed by atoms with van der Waals surface area (Å²) >= 11 is 0. The van der Waals surface area contributed by atoms with Gasteiger partial charge in [0.1, 0.15) is 0 Å². The van der Waals surface area contributed by atoms with Crippen molar-refractivity contribution in [3.8, 4) is 0 Å². The first-order valence-corrected chi connectivity index (χ1v) is 10.9. The van der Waals surface area contributed by atoms with E-state index >= 15 is 0 Å². The maximum atomic E-state index is 12.8. The fraction of sp³-hybridized carbons (Fsp3) is 0.632. The molecule has 0 unspecified atom stereocenters. The third kappa shape index (κ3) is 5.51. The Labute approximate surface area is 162 Å². The minimum atomic E-state index is -3.58. The summed E-state index contributed by atoms with van der Waals surface area (Å²) in [5.41, 5.74) is 1.15. The average molecular weight is 398 g/mol. The Morgan fingerprint density at radius 1 is 1.22 bits per heavy atom. The van der Waals surface area contributed by atoms with Crippen molar-refractivity contribution in [1.29, 1.82) is 0 Å². The highest BCUT2D eigenvalue weighted by Gasteiger charge is 2.25. The van der Waals surface area contributed by atoms with Crippen LogP contribution in [0.15, 0.2) is 23.1 Å². The van der Waals surface area contributed by atoms with Gasteiger partial charge in [-0.25, -0.2) is 8.42 Å². The number of ether oxygens (including phenoxy) is 1. The van der Waals surface area contributed by atoms with Crippen LogP contribution in [-0.4, -0.2) is 68.5 Å². The van der Waals surface area contributed by atoms with Crippen LogP contribution in [0.25, 0.3) is 0 Å². The predicted molar refractivity (Wildman–Crippen MR) is 106 cm³/mol. The summed E-state index contributed by atoms with van der Waals surface area (Å²) in [6, 6.07) is 5.01. The number of morpholine rings is 1. The molecule has 0 bridgehead atoms. The zero-order valence-electron chi connectivity index (χ0n) is 16.9. The van der Waals surface area contributed by atoms with Gasteiger partial charge in [-0.2, -0.15) is 4.31 Å². The standard InChI is InChI=1S/C19H31N3O4S/c1-6-22(7-2)27(24,25)18-10-17(9-8-14(18)3)20-19(23)13-21-11-15(4)26-16(5)12-21/h8-10,15-16H,6-7,11-13H2,1-5H3,(H,20,23)/t15-,16+. The molecule has 2 atom stereocenters. The number of nitrogens with one attached hydrogen (secondary N) is 1. The van der Waals surface area contributed by atoms with Crippen molar-refractivity contribution in [2.75, 3.05) is 38.0 Å². The van der Waals surface area contributed by atoms with Crippen molar-refractivity contribution in [1.82, 2.24) is 9.21 Å². The van der Waals surface area contributed by atoms with Crippen molar-refractivity contribution in [3.63, 3.8) is 0 Å². The number of sulfonamides is 1. The second-order valence-electron chi connectivity index (χ2n) is 7.07. The first kappa shape index (κ1) is 21.8. The van der Waals surface area contributed by atoms with E-state index in [2.05, 4.69) is 10.2 Å². The maximum Gasteiger partial charge on any atom is 0.243 e. The van der Waals surface area contributed by atoms with Crippen LogP contribution in [0.5, 0.6) is 0 Å². The summed E-state index contributed by atoms with van der Waals surface area (Å²) in [4.78, 5) is 14.7. The molecule has 1 aliphatic heterocycles. The van der Waals surface area contributed by atoms with Gasteiger partial charge in [-0.1, -0.05) is 19.9 Å². The largest absolute Gasteiger partial charge is 0.373 e. The lowest BCUT2D eigenvalue weighted by molar-refractivity contribution is -0.121. The summed E-state index contributed by atoms with van der Waals surface area (Å²) in [6.45, 7) is 11.8. The zero-order chi connectivity index (χ0) is 20.2. The molecule has 1 aliphatic rings. The number of carbonyl (C=O) groups is 1. The van der Waals surface area contributed by atoms with E-state index in [0.29, 0.717) is 37.4 Å². The molecule has 0 spiro atoms. The van der Waals surface area contributed by atoms with E-state index in [1.165, 1.54) is 4.31 Å². The lowest BCUT2D eigenvalue weighted by atomic mass is 10.2. The molecule has 1 saturated heterocycles. The molecule has 1 fully saturated rings. The minimum absolute atomic E-state index is 0.0896. The maximum absolute atomic E-state index is 12.8. The number of hydrogen-bond acceptors (Lipinski definition) is 5. The van der Waals surface area contributed by atoms with E-state index in [0.717, 1.165) is 0 Å². The first-order chi connectivity index (χ1) is 12.7. The molecule has 1 aromatic rings. The molecule has 0 aliphatic carbocycles. The second kappa shape index (κ2) is 9.14. The van der Waals surface area contributed by atoms with E-state index in [1.807, 2.05) is 27.7 Å². The van der Waals surface area contributed by atoms with E-state index in [1.54, 1.807) is 25.1 Å². The van der Waals surface area contributed by atoms with Crippen LogP contribution >= 0.6 is 0 Å². The third-order valence-electron chi connectivity index (χ3n) is 4.66. The number of rotatable bonds is 7. The Kier molecular flexibility index (Phi) is 7.39. The summed E-state index contributed by atoms with van der Waals surface area (Å²) in [6.07, 6.45) is 0.179. The lowest BCUT2D eigenvalue weighted by Crippen LogP contribution is -2.48. The highest BCUT2D eigenvalue weighted by atomic mass is 32.2. The van der Waals surface area contributed by atoms with Gasteiger partial charge in [0.25, 0.3) is 0 Å². The molecule has 1 amide bonds. The molecule has 1 N–H and O–H groups in total. The molecule has 7 nitrogen and oxygen atoms in total. The van der Waals surface area contributed by atoms with Gasteiger partial charge in [-0.15, -0.1) is 0 Å². The second-order valence-corrected chi connectivity index (χ2v) is 8.98. The van der Waals surface area contributed by atoms with Crippen molar-refractivity contribution in [3.05, 3.63) is 23.8 Å². The number of aryl methyl sites for hydroxylation is 1. The summed E-state index contributed by atoms with van der Waals surface area (Å²) in [5.74, 6) is -0.161. The first-order valence-electron chi connectivity index (χ1n) is 9.45. The molecular weight excluding hydrogens is 366 g/mol. The number of amides is 1. The predicted octanol–water partition coefficient (Wildman–Crippen LogP) is 2.07. The SMILES string of the molecule is CCN(CC)S(=O)(=O)c1cc(NC(=O)CN2C[C@@H](C)O[C@@H](C)C2)ccc1C. The van der Waals surface area contributed by atoms with Gasteiger partial charge in [0.2, 0.25) is 15.9 Å². The minimum Gasteiger partial charge on any atom is -0.373 e. The summed E-state index contributed by atoms with van der Waals surface area (Å²) in [7, 11) is -3.58. The van der Waals surface area contributed by atoms with Gasteiger partial charge in [-0.3, -0.25) is 9.69 Å². The quantitative estimate of drug-likeness (QED) is 0.762. The highest BCUT2D eigenvalue weighted by Crippen LogP contribution is 2.23. The Bertz CT molecular complexity index is 752. The molecule has 0 aromatic heterocycles. The van der Waals surface area contributed by atoms with Gasteiger partial charge in [-0.05, 0) is 38.5 Å². The van der Waals surface area contributed by atoms with Gasteiger partial charge < -0.3 is 10.1 Å². The van der Waals surface area contributed by atoms with Crippen molar-refractivity contribution in [2.24, 2.45) is 0 Å². The Morgan fingerprint density at radius 3 is 2.37 bits per heavy atom. The summed E-state index contributed by atoms with van der Waals surface area (Å²) in [5, 5.41) is 2.83. The van der Waals surface area contributed by atoms with Gasteiger partial charge in [0.05, 0.1) is 23.6 Å². The van der Waals surface area contributed by atoms with Crippen LogP contribution in [0.2, 0.25) is 0 Å². The Balaban J connectivity index is 2.12. The topological polar surface area (TPSA) is 79.0 Å². The smallest absolute Gasteiger partial charge is 0.243 e. The highest BCUT2D eigenvalue weighted by molar-refractivity contribution is 7.89. The Morgan fingerprint density at radius 2 is 1.81 bits per heavy atom. The Hall–Kier alpha value is -1.48. The van der Waals surface area contributed by atoms with E-state index in [-0.39, 0.29) is 29.6 Å². The van der Waals surface area contributed by atoms with Gasteiger partial charge in [0.15, 0.2) is 0 Å². The number of carbonyl (C=O) groups excluding carboxylic acids is 1. The normalized spacial score (nSPS) is 21.4. The molecule has 27 heavy (non-hydrogen) atoms. The zero-order valence-corrected chi connectivity index (χ0v) is 17.7. The number of nitrogens with zero attached hydrogens (tertiary/aromatic N) is 2. The van der Waals surface area contributed by atoms with Crippen LogP contribution in [-0.2, 0) is 19.6 Å². The molecule has 2 rings (SSSR count). The molecule has 1 aromatic carbocycles. The van der Waals surface area contributed by atoms with Crippen LogP contribution in [0.3, 0.4) is 0 Å². The molecule has 1 heterocycles. The van der Waals surface area contributed by atoms with Crippen LogP contribution in [0, 0.1) is 6.92 Å². The number of benzene rings is 1. The van der Waals surface area contributed by atoms with Gasteiger partial charge in [0, 0.05) is 31.9 Å². The van der Waals surface area contributed by atoms with Crippen molar-refractivity contribution >= 4 is 21.6 Å². The van der Waals surface area contributed by atoms with E-state index in [9.17, 15) is 13.2 Å². The van der Waals surface area contributed by atoms with Gasteiger partial charge >= 0.3 is 0 Å². The third-order valence-corrected chi connectivity index (χ3v) is 6.85.